The van der Waals surface area contributed by atoms with Crippen molar-refractivity contribution in [2.45, 2.75) is 58.7 Å². The van der Waals surface area contributed by atoms with Crippen LogP contribution in [0.5, 0.6) is 5.75 Å². The molecule has 1 saturated heterocycles. The summed E-state index contributed by atoms with van der Waals surface area (Å²) in [6.07, 6.45) is 3.01. The predicted molar refractivity (Wildman–Crippen MR) is 107 cm³/mol. The molecule has 158 valence electrons. The Labute approximate surface area is 167 Å². The monoisotopic (exact) mass is 395 g/mol. The molecule has 1 aliphatic heterocycles. The molecule has 7 nitrogen and oxygen atoms in total. The van der Waals surface area contributed by atoms with Crippen LogP contribution in [-0.4, -0.2) is 65.5 Å². The number of rotatable bonds is 7. The topological polar surface area (TPSA) is 96.3 Å². The molecule has 1 aromatic rings. The Balaban J connectivity index is 0.000000568. The van der Waals surface area contributed by atoms with Crippen LogP contribution >= 0.6 is 0 Å². The minimum Gasteiger partial charge on any atom is -0.494 e. The molecule has 0 radical (unpaired) electrons. The van der Waals surface area contributed by atoms with Crippen LogP contribution in [0.2, 0.25) is 0 Å². The second-order valence-electron chi connectivity index (χ2n) is 7.41. The lowest BCUT2D eigenvalue weighted by molar-refractivity contribution is -0.159. The van der Waals surface area contributed by atoms with Crippen LogP contribution in [0.15, 0.2) is 24.3 Å². The fourth-order valence-electron chi connectivity index (χ4n) is 3.04. The summed E-state index contributed by atoms with van der Waals surface area (Å²) in [4.78, 5) is 20.7. The van der Waals surface area contributed by atoms with Gasteiger partial charge in [0.25, 0.3) is 0 Å². The van der Waals surface area contributed by atoms with Crippen molar-refractivity contribution in [1.29, 1.82) is 0 Å². The molecule has 2 atom stereocenters. The summed E-state index contributed by atoms with van der Waals surface area (Å²) in [5.74, 6) is -2.09. The lowest BCUT2D eigenvalue weighted by Gasteiger charge is -2.35. The zero-order chi connectivity index (χ0) is 21.1. The number of carboxylic acid groups (broad SMARTS) is 2. The normalized spacial score (nSPS) is 19.6. The highest BCUT2D eigenvalue weighted by atomic mass is 16.5. The first-order chi connectivity index (χ1) is 13.2. The van der Waals surface area contributed by atoms with E-state index in [0.717, 1.165) is 38.4 Å². The highest BCUT2D eigenvalue weighted by Gasteiger charge is 2.21. The Kier molecular flexibility index (Phi) is 10.6. The van der Waals surface area contributed by atoms with Gasteiger partial charge in [-0.15, -0.1) is 0 Å². The summed E-state index contributed by atoms with van der Waals surface area (Å²) in [5.41, 5.74) is 1.36. The average Bonchev–Trinajstić information content (AvgIpc) is 2.61. The van der Waals surface area contributed by atoms with E-state index < -0.39 is 11.9 Å². The van der Waals surface area contributed by atoms with Gasteiger partial charge in [-0.2, -0.15) is 0 Å². The molecular formula is C21H33NO6. The van der Waals surface area contributed by atoms with Crippen LogP contribution in [-0.2, 0) is 14.3 Å². The number of hydrogen-bond donors (Lipinski definition) is 2. The fraction of sp³-hybridized carbons (Fsp3) is 0.619. The van der Waals surface area contributed by atoms with E-state index in [-0.39, 0.29) is 0 Å². The molecule has 0 aromatic heterocycles. The van der Waals surface area contributed by atoms with E-state index in [1.54, 1.807) is 0 Å². The summed E-state index contributed by atoms with van der Waals surface area (Å²) in [5, 5.41) is 14.8. The number of carboxylic acids is 2. The molecular weight excluding hydrogens is 362 g/mol. The zero-order valence-electron chi connectivity index (χ0n) is 17.3. The molecule has 0 aliphatic carbocycles. The molecule has 28 heavy (non-hydrogen) atoms. The van der Waals surface area contributed by atoms with E-state index in [1.165, 1.54) is 12.0 Å². The number of aliphatic carboxylic acids is 2. The number of carbonyl (C=O) groups is 2. The Morgan fingerprint density at radius 3 is 2.07 bits per heavy atom. The maximum Gasteiger partial charge on any atom is 0.414 e. The van der Waals surface area contributed by atoms with Crippen molar-refractivity contribution in [3.05, 3.63) is 29.8 Å². The van der Waals surface area contributed by atoms with Gasteiger partial charge in [0.05, 0.1) is 18.8 Å². The van der Waals surface area contributed by atoms with Gasteiger partial charge in [-0.3, -0.25) is 4.90 Å². The highest BCUT2D eigenvalue weighted by molar-refractivity contribution is 6.27. The van der Waals surface area contributed by atoms with E-state index in [4.69, 9.17) is 29.3 Å². The third-order valence-electron chi connectivity index (χ3n) is 4.36. The van der Waals surface area contributed by atoms with E-state index in [0.29, 0.717) is 18.1 Å². The van der Waals surface area contributed by atoms with Crippen molar-refractivity contribution in [3.8, 4) is 5.75 Å². The van der Waals surface area contributed by atoms with Crippen molar-refractivity contribution in [3.63, 3.8) is 0 Å². The smallest absolute Gasteiger partial charge is 0.414 e. The number of morpholine rings is 1. The van der Waals surface area contributed by atoms with Crippen LogP contribution in [0, 0.1) is 0 Å². The second-order valence-corrected chi connectivity index (χ2v) is 7.41. The Morgan fingerprint density at radius 1 is 1.07 bits per heavy atom. The summed E-state index contributed by atoms with van der Waals surface area (Å²) in [6, 6.07) is 8.49. The number of benzene rings is 1. The van der Waals surface area contributed by atoms with Gasteiger partial charge in [-0.05, 0) is 56.8 Å². The molecule has 0 bridgehead atoms. The van der Waals surface area contributed by atoms with Gasteiger partial charge in [0.2, 0.25) is 0 Å². The molecule has 0 spiro atoms. The minimum absolute atomic E-state index is 0.361. The molecule has 0 saturated carbocycles. The number of hydrogen-bond acceptors (Lipinski definition) is 5. The minimum atomic E-state index is -1.82. The third-order valence-corrected chi connectivity index (χ3v) is 4.36. The van der Waals surface area contributed by atoms with Crippen LogP contribution in [0.1, 0.15) is 52.0 Å². The van der Waals surface area contributed by atoms with E-state index in [2.05, 4.69) is 56.9 Å². The second kappa shape index (κ2) is 12.4. The fourth-order valence-corrected chi connectivity index (χ4v) is 3.04. The van der Waals surface area contributed by atoms with Gasteiger partial charge >= 0.3 is 11.9 Å². The van der Waals surface area contributed by atoms with Gasteiger partial charge in [0.1, 0.15) is 5.75 Å². The van der Waals surface area contributed by atoms with Crippen molar-refractivity contribution in [2.24, 2.45) is 0 Å². The van der Waals surface area contributed by atoms with Crippen molar-refractivity contribution >= 4 is 11.9 Å². The van der Waals surface area contributed by atoms with Gasteiger partial charge in [-0.1, -0.05) is 26.0 Å². The number of ether oxygens (including phenoxy) is 2. The van der Waals surface area contributed by atoms with Crippen molar-refractivity contribution in [1.82, 2.24) is 4.90 Å². The SMILES string of the molecule is CC1CN(CCCCOc2ccc(C(C)C)cc2)CC(C)O1.O=C(O)C(=O)O. The lowest BCUT2D eigenvalue weighted by atomic mass is 10.0. The summed E-state index contributed by atoms with van der Waals surface area (Å²) >= 11 is 0. The van der Waals surface area contributed by atoms with Crippen LogP contribution in [0.4, 0.5) is 0 Å². The molecule has 2 N–H and O–H groups in total. The summed E-state index contributed by atoms with van der Waals surface area (Å²) < 4.78 is 11.6. The van der Waals surface area contributed by atoms with Gasteiger partial charge < -0.3 is 19.7 Å². The Bertz CT molecular complexity index is 579. The van der Waals surface area contributed by atoms with Crippen molar-refractivity contribution in [2.75, 3.05) is 26.2 Å². The van der Waals surface area contributed by atoms with Crippen molar-refractivity contribution < 1.29 is 29.3 Å². The lowest BCUT2D eigenvalue weighted by Crippen LogP contribution is -2.45. The summed E-state index contributed by atoms with van der Waals surface area (Å²) in [6.45, 7) is 12.8. The number of nitrogens with zero attached hydrogens (tertiary/aromatic N) is 1. The molecule has 2 unspecified atom stereocenters. The van der Waals surface area contributed by atoms with Crippen LogP contribution in [0.3, 0.4) is 0 Å². The largest absolute Gasteiger partial charge is 0.494 e. The van der Waals surface area contributed by atoms with Crippen LogP contribution < -0.4 is 4.74 Å². The molecule has 1 fully saturated rings. The standard InChI is InChI=1S/C19H31NO2.C2H2O4/c1-15(2)18-7-9-19(10-8-18)21-12-6-5-11-20-13-16(3)22-17(4)14-20;3-1(4)2(5)6/h7-10,15-17H,5-6,11-14H2,1-4H3;(H,3,4)(H,5,6). The van der Waals surface area contributed by atoms with E-state index in [1.807, 2.05) is 0 Å². The van der Waals surface area contributed by atoms with Gasteiger partial charge in [0, 0.05) is 13.1 Å². The first-order valence-electron chi connectivity index (χ1n) is 9.75. The molecule has 0 amide bonds. The highest BCUT2D eigenvalue weighted by Crippen LogP contribution is 2.19. The first-order valence-corrected chi connectivity index (χ1v) is 9.75. The summed E-state index contributed by atoms with van der Waals surface area (Å²) in [7, 11) is 0. The zero-order valence-corrected chi connectivity index (χ0v) is 17.3. The van der Waals surface area contributed by atoms with E-state index >= 15 is 0 Å². The van der Waals surface area contributed by atoms with Gasteiger partial charge in [-0.25, -0.2) is 9.59 Å². The van der Waals surface area contributed by atoms with E-state index in [9.17, 15) is 0 Å². The molecule has 1 aromatic carbocycles. The molecule has 7 heteroatoms. The van der Waals surface area contributed by atoms with Gasteiger partial charge in [0.15, 0.2) is 0 Å². The average molecular weight is 395 g/mol. The quantitative estimate of drug-likeness (QED) is 0.540. The molecule has 1 aliphatic rings. The van der Waals surface area contributed by atoms with Crippen LogP contribution in [0.25, 0.3) is 0 Å². The Morgan fingerprint density at radius 2 is 1.61 bits per heavy atom. The molecule has 1 heterocycles. The Hall–Kier alpha value is -2.12. The number of unbranched alkanes of at least 4 members (excludes halogenated alkanes) is 1. The first kappa shape index (κ1) is 23.9. The maximum atomic E-state index is 9.10. The maximum absolute atomic E-state index is 9.10. The predicted octanol–water partition coefficient (Wildman–Crippen LogP) is 3.23. The molecule has 2 rings (SSSR count). The third kappa shape index (κ3) is 9.71.